The summed E-state index contributed by atoms with van der Waals surface area (Å²) in [7, 11) is 0. The summed E-state index contributed by atoms with van der Waals surface area (Å²) in [6.45, 7) is 6.97. The Morgan fingerprint density at radius 1 is 1.33 bits per heavy atom. The van der Waals surface area contributed by atoms with E-state index < -0.39 is 0 Å². The molecule has 1 fully saturated rings. The molecule has 0 spiro atoms. The summed E-state index contributed by atoms with van der Waals surface area (Å²) < 4.78 is 5.74. The van der Waals surface area contributed by atoms with Crippen LogP contribution in [-0.4, -0.2) is 25.3 Å². The first kappa shape index (κ1) is 13.4. The maximum absolute atomic E-state index is 5.74. The second-order valence-corrected chi connectivity index (χ2v) is 5.25. The maximum Gasteiger partial charge on any atom is 0.0750 e. The second-order valence-electron chi connectivity index (χ2n) is 5.25. The van der Waals surface area contributed by atoms with Gasteiger partial charge >= 0.3 is 0 Å². The van der Waals surface area contributed by atoms with Gasteiger partial charge in [-0.15, -0.1) is 0 Å². The summed E-state index contributed by atoms with van der Waals surface area (Å²) in [6.07, 6.45) is 2.77. The Balaban J connectivity index is 2.07. The zero-order chi connectivity index (χ0) is 13.0. The molecule has 1 aromatic carbocycles. The number of hydrogen-bond acceptors (Lipinski definition) is 3. The molecule has 2 N–H and O–H groups in total. The predicted octanol–water partition coefficient (Wildman–Crippen LogP) is 2.54. The van der Waals surface area contributed by atoms with E-state index in [2.05, 4.69) is 43.0 Å². The van der Waals surface area contributed by atoms with E-state index in [1.807, 2.05) is 0 Å². The van der Waals surface area contributed by atoms with Crippen molar-refractivity contribution in [2.24, 2.45) is 5.73 Å². The van der Waals surface area contributed by atoms with E-state index in [-0.39, 0.29) is 0 Å². The Morgan fingerprint density at radius 3 is 2.56 bits per heavy atom. The highest BCUT2D eigenvalue weighted by Crippen LogP contribution is 2.21. The van der Waals surface area contributed by atoms with Crippen LogP contribution in [0.5, 0.6) is 0 Å². The first-order valence-corrected chi connectivity index (χ1v) is 6.88. The van der Waals surface area contributed by atoms with Gasteiger partial charge in [0, 0.05) is 31.4 Å². The third kappa shape index (κ3) is 3.24. The summed E-state index contributed by atoms with van der Waals surface area (Å²) in [4.78, 5) is 2.41. The molecule has 0 aliphatic carbocycles. The van der Waals surface area contributed by atoms with E-state index in [1.54, 1.807) is 0 Å². The molecule has 1 aromatic rings. The molecule has 1 heterocycles. The van der Waals surface area contributed by atoms with E-state index in [4.69, 9.17) is 10.5 Å². The van der Waals surface area contributed by atoms with Crippen LogP contribution in [-0.2, 0) is 11.3 Å². The molecule has 0 amide bonds. The number of rotatable bonds is 5. The molecule has 2 rings (SSSR count). The molecule has 0 bridgehead atoms. The second kappa shape index (κ2) is 6.21. The van der Waals surface area contributed by atoms with Crippen LogP contribution in [0.15, 0.2) is 24.3 Å². The smallest absolute Gasteiger partial charge is 0.0750 e. The van der Waals surface area contributed by atoms with Gasteiger partial charge in [-0.05, 0) is 44.4 Å². The van der Waals surface area contributed by atoms with Gasteiger partial charge in [-0.2, -0.15) is 0 Å². The molecule has 1 atom stereocenters. The Bertz CT molecular complexity index is 355. The number of hydrogen-bond donors (Lipinski definition) is 1. The third-order valence-corrected chi connectivity index (χ3v) is 3.55. The highest BCUT2D eigenvalue weighted by molar-refractivity contribution is 5.48. The van der Waals surface area contributed by atoms with Crippen molar-refractivity contribution >= 4 is 5.69 Å². The van der Waals surface area contributed by atoms with Crippen molar-refractivity contribution in [3.8, 4) is 0 Å². The lowest BCUT2D eigenvalue weighted by atomic mass is 10.1. The lowest BCUT2D eigenvalue weighted by Crippen LogP contribution is -2.37. The fourth-order valence-corrected chi connectivity index (χ4v) is 2.45. The standard InChI is InChI=1S/C15H24N2O/c1-12(2)17(11-15-4-3-9-18-15)14-7-5-13(10-16)6-8-14/h5-8,12,15H,3-4,9-11,16H2,1-2H3. The van der Waals surface area contributed by atoms with Gasteiger partial charge in [0.05, 0.1) is 6.10 Å². The molecule has 1 aliphatic rings. The Kier molecular flexibility index (Phi) is 4.61. The van der Waals surface area contributed by atoms with Gasteiger partial charge < -0.3 is 15.4 Å². The van der Waals surface area contributed by atoms with Gasteiger partial charge in [0.15, 0.2) is 0 Å². The van der Waals surface area contributed by atoms with Gasteiger partial charge in [0.25, 0.3) is 0 Å². The molecule has 3 nitrogen and oxygen atoms in total. The molecule has 1 aliphatic heterocycles. The van der Waals surface area contributed by atoms with E-state index in [0.717, 1.165) is 13.2 Å². The number of nitrogens with zero attached hydrogens (tertiary/aromatic N) is 1. The van der Waals surface area contributed by atoms with Crippen LogP contribution in [0.3, 0.4) is 0 Å². The van der Waals surface area contributed by atoms with E-state index in [0.29, 0.717) is 18.7 Å². The molecule has 3 heteroatoms. The van der Waals surface area contributed by atoms with Crippen LogP contribution in [0.25, 0.3) is 0 Å². The van der Waals surface area contributed by atoms with Crippen molar-refractivity contribution in [3.05, 3.63) is 29.8 Å². The van der Waals surface area contributed by atoms with Crippen LogP contribution in [0, 0.1) is 0 Å². The molecule has 0 saturated carbocycles. The number of nitrogens with two attached hydrogens (primary N) is 1. The molecule has 18 heavy (non-hydrogen) atoms. The number of anilines is 1. The van der Waals surface area contributed by atoms with Crippen LogP contribution in [0.2, 0.25) is 0 Å². The predicted molar refractivity (Wildman–Crippen MR) is 75.8 cm³/mol. The van der Waals surface area contributed by atoms with E-state index in [9.17, 15) is 0 Å². The largest absolute Gasteiger partial charge is 0.376 e. The average Bonchev–Trinajstić information content (AvgIpc) is 2.89. The van der Waals surface area contributed by atoms with Crippen molar-refractivity contribution in [2.75, 3.05) is 18.1 Å². The molecule has 0 radical (unpaired) electrons. The number of benzene rings is 1. The summed E-state index contributed by atoms with van der Waals surface area (Å²) in [6, 6.07) is 9.03. The minimum Gasteiger partial charge on any atom is -0.376 e. The lowest BCUT2D eigenvalue weighted by molar-refractivity contribution is 0.114. The van der Waals surface area contributed by atoms with Crippen molar-refractivity contribution in [1.29, 1.82) is 0 Å². The summed E-state index contributed by atoms with van der Waals surface area (Å²) in [5.74, 6) is 0. The highest BCUT2D eigenvalue weighted by atomic mass is 16.5. The van der Waals surface area contributed by atoms with Gasteiger partial charge in [-0.3, -0.25) is 0 Å². The quantitative estimate of drug-likeness (QED) is 0.870. The molecule has 0 aromatic heterocycles. The minimum atomic E-state index is 0.390. The molecule has 1 saturated heterocycles. The van der Waals surface area contributed by atoms with Crippen LogP contribution < -0.4 is 10.6 Å². The van der Waals surface area contributed by atoms with Gasteiger partial charge in [-0.1, -0.05) is 12.1 Å². The number of ether oxygens (including phenoxy) is 1. The topological polar surface area (TPSA) is 38.5 Å². The zero-order valence-electron chi connectivity index (χ0n) is 11.4. The minimum absolute atomic E-state index is 0.390. The zero-order valence-corrected chi connectivity index (χ0v) is 11.4. The fourth-order valence-electron chi connectivity index (χ4n) is 2.45. The lowest BCUT2D eigenvalue weighted by Gasteiger charge is -2.31. The summed E-state index contributed by atoms with van der Waals surface area (Å²) >= 11 is 0. The van der Waals surface area contributed by atoms with Crippen molar-refractivity contribution in [3.63, 3.8) is 0 Å². The average molecular weight is 248 g/mol. The van der Waals surface area contributed by atoms with Crippen LogP contribution in [0.1, 0.15) is 32.3 Å². The summed E-state index contributed by atoms with van der Waals surface area (Å²) in [5.41, 5.74) is 8.08. The molecule has 1 unspecified atom stereocenters. The van der Waals surface area contributed by atoms with Crippen LogP contribution >= 0.6 is 0 Å². The fraction of sp³-hybridized carbons (Fsp3) is 0.600. The maximum atomic E-state index is 5.74. The van der Waals surface area contributed by atoms with Crippen molar-refractivity contribution in [1.82, 2.24) is 0 Å². The van der Waals surface area contributed by atoms with Crippen LogP contribution in [0.4, 0.5) is 5.69 Å². The van der Waals surface area contributed by atoms with E-state index in [1.165, 1.54) is 24.1 Å². The van der Waals surface area contributed by atoms with Crippen molar-refractivity contribution in [2.45, 2.75) is 45.4 Å². The van der Waals surface area contributed by atoms with Gasteiger partial charge in [0.2, 0.25) is 0 Å². The Morgan fingerprint density at radius 2 is 2.06 bits per heavy atom. The highest BCUT2D eigenvalue weighted by Gasteiger charge is 2.21. The normalized spacial score (nSPS) is 19.4. The summed E-state index contributed by atoms with van der Waals surface area (Å²) in [5, 5.41) is 0. The van der Waals surface area contributed by atoms with E-state index >= 15 is 0 Å². The Labute approximate surface area is 110 Å². The first-order valence-electron chi connectivity index (χ1n) is 6.88. The molecular weight excluding hydrogens is 224 g/mol. The Hall–Kier alpha value is -1.06. The SMILES string of the molecule is CC(C)N(CC1CCCO1)c1ccc(CN)cc1. The third-order valence-electron chi connectivity index (χ3n) is 3.55. The first-order chi connectivity index (χ1) is 8.70. The van der Waals surface area contributed by atoms with Crippen molar-refractivity contribution < 1.29 is 4.74 Å². The monoisotopic (exact) mass is 248 g/mol. The molecule has 100 valence electrons. The molecular formula is C15H24N2O. The van der Waals surface area contributed by atoms with Gasteiger partial charge in [0.1, 0.15) is 0 Å². The van der Waals surface area contributed by atoms with Gasteiger partial charge in [-0.25, -0.2) is 0 Å².